The van der Waals surface area contributed by atoms with Crippen molar-refractivity contribution < 1.29 is 13.5 Å². The smallest absolute Gasteiger partial charge is 0.134 e. The summed E-state index contributed by atoms with van der Waals surface area (Å²) in [7, 11) is 0. The van der Waals surface area contributed by atoms with Crippen LogP contribution in [0.5, 0.6) is 5.75 Å². The Labute approximate surface area is 124 Å². The van der Waals surface area contributed by atoms with Crippen molar-refractivity contribution in [2.45, 2.75) is 13.0 Å². The molecule has 0 bridgehead atoms. The first-order valence-electron chi connectivity index (χ1n) is 6.15. The molecule has 2 nitrogen and oxygen atoms in total. The van der Waals surface area contributed by atoms with Crippen molar-refractivity contribution in [2.75, 3.05) is 6.54 Å². The summed E-state index contributed by atoms with van der Waals surface area (Å²) >= 11 is 3.39. The van der Waals surface area contributed by atoms with Crippen LogP contribution < -0.4 is 10.5 Å². The van der Waals surface area contributed by atoms with Gasteiger partial charge >= 0.3 is 0 Å². The second-order valence-corrected chi connectivity index (χ2v) is 5.18. The van der Waals surface area contributed by atoms with Crippen LogP contribution in [0.2, 0.25) is 0 Å². The van der Waals surface area contributed by atoms with Gasteiger partial charge in [-0.15, -0.1) is 0 Å². The maximum absolute atomic E-state index is 13.5. The minimum atomic E-state index is -0.484. The van der Waals surface area contributed by atoms with E-state index in [2.05, 4.69) is 15.9 Å². The summed E-state index contributed by atoms with van der Waals surface area (Å²) in [6.07, 6.45) is 0.775. The maximum Gasteiger partial charge on any atom is 0.134 e. The van der Waals surface area contributed by atoms with Crippen molar-refractivity contribution in [3.05, 3.63) is 63.6 Å². The molecule has 2 N–H and O–H groups in total. The average molecular weight is 342 g/mol. The van der Waals surface area contributed by atoms with E-state index in [1.807, 2.05) is 12.1 Å². The first-order valence-corrected chi connectivity index (χ1v) is 6.94. The molecule has 0 heterocycles. The Hall–Kier alpha value is -1.46. The standard InChI is InChI=1S/C15H14BrF2NO/c16-13-7-10(5-6-19)1-4-15(13)20-9-11-8-12(17)2-3-14(11)18/h1-4,7-8H,5-6,9,19H2. The molecule has 106 valence electrons. The molecule has 0 fully saturated rings. The van der Waals surface area contributed by atoms with Gasteiger partial charge in [0.15, 0.2) is 0 Å². The van der Waals surface area contributed by atoms with Gasteiger partial charge in [0.05, 0.1) is 4.47 Å². The third-order valence-electron chi connectivity index (χ3n) is 2.82. The Bertz CT molecular complexity index is 604. The van der Waals surface area contributed by atoms with Gasteiger partial charge in [-0.25, -0.2) is 8.78 Å². The van der Waals surface area contributed by atoms with E-state index in [1.54, 1.807) is 6.07 Å². The van der Waals surface area contributed by atoms with Crippen LogP contribution in [-0.2, 0) is 13.0 Å². The van der Waals surface area contributed by atoms with Gasteiger partial charge in [-0.3, -0.25) is 0 Å². The van der Waals surface area contributed by atoms with Gasteiger partial charge in [0.1, 0.15) is 24.0 Å². The summed E-state index contributed by atoms with van der Waals surface area (Å²) in [5.41, 5.74) is 6.76. The van der Waals surface area contributed by atoms with Gasteiger partial charge in [0, 0.05) is 5.56 Å². The molecule has 0 atom stereocenters. The monoisotopic (exact) mass is 341 g/mol. The Morgan fingerprint density at radius 1 is 1.10 bits per heavy atom. The molecule has 0 spiro atoms. The Morgan fingerprint density at radius 3 is 2.60 bits per heavy atom. The third-order valence-corrected chi connectivity index (χ3v) is 3.44. The highest BCUT2D eigenvalue weighted by atomic mass is 79.9. The second kappa shape index (κ2) is 6.81. The van der Waals surface area contributed by atoms with E-state index < -0.39 is 11.6 Å². The van der Waals surface area contributed by atoms with Crippen molar-refractivity contribution in [3.8, 4) is 5.75 Å². The highest BCUT2D eigenvalue weighted by Crippen LogP contribution is 2.27. The molecule has 0 saturated carbocycles. The minimum absolute atomic E-state index is 0.0293. The molecule has 0 aliphatic heterocycles. The van der Waals surface area contributed by atoms with Crippen LogP contribution in [0.4, 0.5) is 8.78 Å². The quantitative estimate of drug-likeness (QED) is 0.897. The molecular formula is C15H14BrF2NO. The molecule has 20 heavy (non-hydrogen) atoms. The molecule has 0 saturated heterocycles. The summed E-state index contributed by atoms with van der Waals surface area (Å²) in [5, 5.41) is 0. The van der Waals surface area contributed by atoms with Crippen LogP contribution in [-0.4, -0.2) is 6.54 Å². The zero-order chi connectivity index (χ0) is 14.5. The summed E-state index contributed by atoms with van der Waals surface area (Å²) < 4.78 is 32.8. The molecule has 2 aromatic rings. The molecule has 0 aliphatic carbocycles. The molecular weight excluding hydrogens is 328 g/mol. The summed E-state index contributed by atoms with van der Waals surface area (Å²) in [5.74, 6) is -0.390. The fourth-order valence-corrected chi connectivity index (χ4v) is 2.33. The van der Waals surface area contributed by atoms with Gasteiger partial charge in [-0.05, 0) is 64.8 Å². The highest BCUT2D eigenvalue weighted by Gasteiger charge is 2.07. The van der Waals surface area contributed by atoms with E-state index in [0.717, 1.165) is 34.7 Å². The topological polar surface area (TPSA) is 35.2 Å². The number of hydrogen-bond donors (Lipinski definition) is 1. The van der Waals surface area contributed by atoms with E-state index in [9.17, 15) is 8.78 Å². The number of hydrogen-bond acceptors (Lipinski definition) is 2. The number of rotatable bonds is 5. The van der Waals surface area contributed by atoms with Crippen LogP contribution in [0.15, 0.2) is 40.9 Å². The van der Waals surface area contributed by atoms with Crippen molar-refractivity contribution in [2.24, 2.45) is 5.73 Å². The van der Waals surface area contributed by atoms with E-state index in [-0.39, 0.29) is 12.2 Å². The van der Waals surface area contributed by atoms with Gasteiger partial charge in [0.2, 0.25) is 0 Å². The van der Waals surface area contributed by atoms with Gasteiger partial charge in [0.25, 0.3) is 0 Å². The van der Waals surface area contributed by atoms with Crippen molar-refractivity contribution in [1.82, 2.24) is 0 Å². The predicted molar refractivity (Wildman–Crippen MR) is 77.6 cm³/mol. The Kier molecular flexibility index (Phi) is 5.09. The average Bonchev–Trinajstić information content (AvgIpc) is 2.42. The Balaban J connectivity index is 2.09. The van der Waals surface area contributed by atoms with Crippen LogP contribution in [0.25, 0.3) is 0 Å². The van der Waals surface area contributed by atoms with E-state index in [4.69, 9.17) is 10.5 Å². The molecule has 0 radical (unpaired) electrons. The van der Waals surface area contributed by atoms with Crippen molar-refractivity contribution >= 4 is 15.9 Å². The maximum atomic E-state index is 13.5. The zero-order valence-corrected chi connectivity index (χ0v) is 12.3. The van der Waals surface area contributed by atoms with E-state index >= 15 is 0 Å². The lowest BCUT2D eigenvalue weighted by Crippen LogP contribution is -2.03. The van der Waals surface area contributed by atoms with E-state index in [1.165, 1.54) is 0 Å². The lowest BCUT2D eigenvalue weighted by Gasteiger charge is -2.10. The Morgan fingerprint density at radius 2 is 1.90 bits per heavy atom. The molecule has 0 unspecified atom stereocenters. The lowest BCUT2D eigenvalue weighted by atomic mass is 10.1. The largest absolute Gasteiger partial charge is 0.488 e. The van der Waals surface area contributed by atoms with Crippen LogP contribution >= 0.6 is 15.9 Å². The molecule has 5 heteroatoms. The second-order valence-electron chi connectivity index (χ2n) is 4.33. The molecule has 0 aliphatic rings. The van der Waals surface area contributed by atoms with Gasteiger partial charge in [-0.1, -0.05) is 6.07 Å². The number of benzene rings is 2. The summed E-state index contributed by atoms with van der Waals surface area (Å²) in [6, 6.07) is 8.89. The normalized spacial score (nSPS) is 10.6. The van der Waals surface area contributed by atoms with Crippen LogP contribution in [0.1, 0.15) is 11.1 Å². The number of ether oxygens (including phenoxy) is 1. The van der Waals surface area contributed by atoms with Gasteiger partial charge in [-0.2, -0.15) is 0 Å². The molecule has 0 aromatic heterocycles. The first kappa shape index (κ1) is 14.9. The zero-order valence-electron chi connectivity index (χ0n) is 10.7. The van der Waals surface area contributed by atoms with E-state index in [0.29, 0.717) is 12.3 Å². The summed E-state index contributed by atoms with van der Waals surface area (Å²) in [6.45, 7) is 0.541. The molecule has 2 rings (SSSR count). The van der Waals surface area contributed by atoms with Crippen LogP contribution in [0, 0.1) is 11.6 Å². The highest BCUT2D eigenvalue weighted by molar-refractivity contribution is 9.10. The van der Waals surface area contributed by atoms with Crippen molar-refractivity contribution in [1.29, 1.82) is 0 Å². The molecule has 2 aromatic carbocycles. The number of nitrogens with two attached hydrogens (primary N) is 1. The number of halogens is 3. The van der Waals surface area contributed by atoms with Gasteiger partial charge < -0.3 is 10.5 Å². The fourth-order valence-electron chi connectivity index (χ4n) is 1.79. The third kappa shape index (κ3) is 3.77. The van der Waals surface area contributed by atoms with Crippen LogP contribution in [0.3, 0.4) is 0 Å². The predicted octanol–water partition coefficient (Wildman–Crippen LogP) is 3.81. The lowest BCUT2D eigenvalue weighted by molar-refractivity contribution is 0.297. The minimum Gasteiger partial charge on any atom is -0.488 e. The fraction of sp³-hybridized carbons (Fsp3) is 0.200. The first-order chi connectivity index (χ1) is 9.60. The summed E-state index contributed by atoms with van der Waals surface area (Å²) in [4.78, 5) is 0. The van der Waals surface area contributed by atoms with Crippen molar-refractivity contribution in [3.63, 3.8) is 0 Å². The molecule has 0 amide bonds. The SMILES string of the molecule is NCCc1ccc(OCc2cc(F)ccc2F)c(Br)c1.